The molecule has 2 heterocycles. The number of rotatable bonds is 4. The van der Waals surface area contributed by atoms with Crippen molar-refractivity contribution in [2.45, 2.75) is 31.7 Å². The molecule has 5 heteroatoms. The fourth-order valence-electron chi connectivity index (χ4n) is 4.32. The van der Waals surface area contributed by atoms with E-state index in [9.17, 15) is 9.59 Å². The molecule has 2 aliphatic heterocycles. The molecular formula is C23H27N3O2. The van der Waals surface area contributed by atoms with E-state index < -0.39 is 0 Å². The van der Waals surface area contributed by atoms with E-state index in [1.165, 1.54) is 5.56 Å². The van der Waals surface area contributed by atoms with Crippen LogP contribution in [-0.2, 0) is 11.2 Å². The van der Waals surface area contributed by atoms with Gasteiger partial charge in [-0.3, -0.25) is 4.79 Å². The van der Waals surface area contributed by atoms with Crippen molar-refractivity contribution in [1.29, 1.82) is 0 Å². The van der Waals surface area contributed by atoms with Gasteiger partial charge in [0.15, 0.2) is 0 Å². The minimum absolute atomic E-state index is 0.0167. The summed E-state index contributed by atoms with van der Waals surface area (Å²) in [5, 5.41) is 6.19. The monoisotopic (exact) mass is 377 g/mol. The maximum absolute atomic E-state index is 13.0. The number of nitrogens with zero attached hydrogens (tertiary/aromatic N) is 1. The standard InChI is InChI=1S/C23H27N3O2/c27-21-16-23(17-24-21)11-13-26(14-12-23)22(28)25-20(19-9-5-2-6-10-19)15-18-7-3-1-4-8-18/h1-10,20H,11-17H2,(H,24,27)(H,25,28)/t20-/m0/s1. The summed E-state index contributed by atoms with van der Waals surface area (Å²) in [7, 11) is 0. The molecule has 5 nitrogen and oxygen atoms in total. The van der Waals surface area contributed by atoms with Crippen LogP contribution in [0.5, 0.6) is 0 Å². The highest BCUT2D eigenvalue weighted by Gasteiger charge is 2.41. The van der Waals surface area contributed by atoms with E-state index in [-0.39, 0.29) is 23.4 Å². The van der Waals surface area contributed by atoms with Crippen LogP contribution in [0.25, 0.3) is 0 Å². The number of hydrogen-bond donors (Lipinski definition) is 2. The van der Waals surface area contributed by atoms with E-state index in [1.54, 1.807) is 0 Å². The van der Waals surface area contributed by atoms with Crippen molar-refractivity contribution in [2.75, 3.05) is 19.6 Å². The largest absolute Gasteiger partial charge is 0.356 e. The molecule has 1 atom stereocenters. The first-order chi connectivity index (χ1) is 13.6. The van der Waals surface area contributed by atoms with Crippen molar-refractivity contribution in [3.8, 4) is 0 Å². The number of nitrogens with one attached hydrogen (secondary N) is 2. The molecule has 1 spiro atoms. The van der Waals surface area contributed by atoms with Crippen LogP contribution in [0, 0.1) is 5.41 Å². The number of carbonyl (C=O) groups is 2. The van der Waals surface area contributed by atoms with Crippen molar-refractivity contribution in [2.24, 2.45) is 5.41 Å². The van der Waals surface area contributed by atoms with Gasteiger partial charge in [0.2, 0.25) is 5.91 Å². The molecule has 2 N–H and O–H groups in total. The Kier molecular flexibility index (Phi) is 5.33. The van der Waals surface area contributed by atoms with Crippen molar-refractivity contribution in [3.05, 3.63) is 71.8 Å². The average Bonchev–Trinajstić information content (AvgIpc) is 3.09. The summed E-state index contributed by atoms with van der Waals surface area (Å²) in [5.74, 6) is 0.143. The van der Waals surface area contributed by atoms with Gasteiger partial charge in [-0.05, 0) is 35.8 Å². The molecule has 146 valence electrons. The van der Waals surface area contributed by atoms with E-state index in [0.717, 1.165) is 31.4 Å². The first-order valence-corrected chi connectivity index (χ1v) is 10.0. The number of piperidine rings is 1. The summed E-state index contributed by atoms with van der Waals surface area (Å²) < 4.78 is 0. The maximum Gasteiger partial charge on any atom is 0.317 e. The summed E-state index contributed by atoms with van der Waals surface area (Å²) in [6.07, 6.45) is 3.12. The van der Waals surface area contributed by atoms with Crippen LogP contribution in [0.1, 0.15) is 36.4 Å². The van der Waals surface area contributed by atoms with Gasteiger partial charge in [-0.25, -0.2) is 4.79 Å². The van der Waals surface area contributed by atoms with Gasteiger partial charge in [0, 0.05) is 26.1 Å². The molecule has 28 heavy (non-hydrogen) atoms. The Hall–Kier alpha value is -2.82. The first-order valence-electron chi connectivity index (χ1n) is 10.0. The molecule has 0 unspecified atom stereocenters. The molecule has 0 aliphatic carbocycles. The Balaban J connectivity index is 1.42. The Bertz CT molecular complexity index is 814. The quantitative estimate of drug-likeness (QED) is 0.859. The molecule has 0 bridgehead atoms. The minimum atomic E-state index is -0.0679. The van der Waals surface area contributed by atoms with Crippen LogP contribution in [0.4, 0.5) is 4.79 Å². The second kappa shape index (κ2) is 8.05. The van der Waals surface area contributed by atoms with Gasteiger partial charge in [0.25, 0.3) is 0 Å². The summed E-state index contributed by atoms with van der Waals surface area (Å²) in [4.78, 5) is 26.5. The lowest BCUT2D eigenvalue weighted by atomic mass is 9.78. The van der Waals surface area contributed by atoms with Gasteiger partial charge in [-0.2, -0.15) is 0 Å². The zero-order chi connectivity index (χ0) is 19.4. The molecule has 2 aliphatic rings. The van der Waals surface area contributed by atoms with Gasteiger partial charge >= 0.3 is 6.03 Å². The number of benzene rings is 2. The Morgan fingerprint density at radius 3 is 2.29 bits per heavy atom. The van der Waals surface area contributed by atoms with Gasteiger partial charge in [0.1, 0.15) is 0 Å². The fraction of sp³-hybridized carbons (Fsp3) is 0.391. The third kappa shape index (κ3) is 4.19. The highest BCUT2D eigenvalue weighted by atomic mass is 16.2. The third-order valence-electron chi connectivity index (χ3n) is 6.09. The van der Waals surface area contributed by atoms with E-state index in [0.29, 0.717) is 19.5 Å². The summed E-state index contributed by atoms with van der Waals surface area (Å²) >= 11 is 0. The number of urea groups is 1. The SMILES string of the molecule is O=C1CC2(CCN(C(=O)N[C@@H](Cc3ccccc3)c3ccccc3)CC2)CN1. The maximum atomic E-state index is 13.0. The van der Waals surface area contributed by atoms with E-state index >= 15 is 0 Å². The third-order valence-corrected chi connectivity index (χ3v) is 6.09. The van der Waals surface area contributed by atoms with E-state index in [4.69, 9.17) is 0 Å². The second-order valence-electron chi connectivity index (χ2n) is 8.04. The lowest BCUT2D eigenvalue weighted by molar-refractivity contribution is -0.119. The highest BCUT2D eigenvalue weighted by Crippen LogP contribution is 2.37. The number of amides is 3. The summed E-state index contributed by atoms with van der Waals surface area (Å²) in [6.45, 7) is 2.16. The zero-order valence-electron chi connectivity index (χ0n) is 16.1. The van der Waals surface area contributed by atoms with Crippen LogP contribution in [0.3, 0.4) is 0 Å². The Labute approximate surface area is 166 Å². The fourth-order valence-corrected chi connectivity index (χ4v) is 4.32. The molecule has 0 saturated carbocycles. The van der Waals surface area contributed by atoms with Crippen LogP contribution in [-0.4, -0.2) is 36.5 Å². The van der Waals surface area contributed by atoms with Gasteiger partial charge in [-0.15, -0.1) is 0 Å². The lowest BCUT2D eigenvalue weighted by Crippen LogP contribution is -2.48. The molecule has 2 aromatic carbocycles. The van der Waals surface area contributed by atoms with Crippen LogP contribution < -0.4 is 10.6 Å². The molecule has 0 radical (unpaired) electrons. The zero-order valence-corrected chi connectivity index (χ0v) is 16.1. The van der Waals surface area contributed by atoms with Gasteiger partial charge in [0.05, 0.1) is 6.04 Å². The molecule has 2 saturated heterocycles. The first kappa shape index (κ1) is 18.5. The smallest absolute Gasteiger partial charge is 0.317 e. The second-order valence-corrected chi connectivity index (χ2v) is 8.04. The topological polar surface area (TPSA) is 61.4 Å². The van der Waals surface area contributed by atoms with Crippen molar-refractivity contribution >= 4 is 11.9 Å². The van der Waals surface area contributed by atoms with Crippen molar-refractivity contribution in [3.63, 3.8) is 0 Å². The summed E-state index contributed by atoms with van der Waals surface area (Å²) in [5.41, 5.74) is 2.36. The minimum Gasteiger partial charge on any atom is -0.356 e. The number of hydrogen-bond acceptors (Lipinski definition) is 2. The molecule has 4 rings (SSSR count). The number of likely N-dealkylation sites (tertiary alicyclic amines) is 1. The van der Waals surface area contributed by atoms with Gasteiger partial charge < -0.3 is 15.5 Å². The summed E-state index contributed by atoms with van der Waals surface area (Å²) in [6, 6.07) is 20.3. The normalized spacial score (nSPS) is 19.3. The number of carbonyl (C=O) groups excluding carboxylic acids is 2. The Morgan fingerprint density at radius 1 is 1.04 bits per heavy atom. The lowest BCUT2D eigenvalue weighted by Gasteiger charge is -2.38. The van der Waals surface area contributed by atoms with E-state index in [2.05, 4.69) is 34.9 Å². The van der Waals surface area contributed by atoms with Gasteiger partial charge in [-0.1, -0.05) is 60.7 Å². The van der Waals surface area contributed by atoms with Crippen molar-refractivity contribution < 1.29 is 9.59 Å². The van der Waals surface area contributed by atoms with Crippen LogP contribution >= 0.6 is 0 Å². The molecule has 2 fully saturated rings. The Morgan fingerprint density at radius 2 is 1.68 bits per heavy atom. The van der Waals surface area contributed by atoms with Crippen molar-refractivity contribution in [1.82, 2.24) is 15.5 Å². The predicted molar refractivity (Wildman–Crippen MR) is 109 cm³/mol. The molecule has 3 amide bonds. The van der Waals surface area contributed by atoms with Crippen LogP contribution in [0.2, 0.25) is 0 Å². The average molecular weight is 377 g/mol. The van der Waals surface area contributed by atoms with Crippen LogP contribution in [0.15, 0.2) is 60.7 Å². The molecule has 0 aromatic heterocycles. The predicted octanol–water partition coefficient (Wildman–Crippen LogP) is 3.28. The highest BCUT2D eigenvalue weighted by molar-refractivity contribution is 5.79. The molecule has 2 aromatic rings. The molecular weight excluding hydrogens is 350 g/mol. The van der Waals surface area contributed by atoms with E-state index in [1.807, 2.05) is 41.3 Å².